The van der Waals surface area contributed by atoms with E-state index in [9.17, 15) is 5.11 Å². The lowest BCUT2D eigenvalue weighted by Gasteiger charge is -2.10. The summed E-state index contributed by atoms with van der Waals surface area (Å²) in [6, 6.07) is 13.9. The number of hydrogen-bond acceptors (Lipinski definition) is 3. The molecule has 0 radical (unpaired) electrons. The van der Waals surface area contributed by atoms with E-state index in [0.29, 0.717) is 0 Å². The molecule has 0 aliphatic carbocycles. The summed E-state index contributed by atoms with van der Waals surface area (Å²) in [5, 5.41) is 9.62. The molecule has 2 aromatic heterocycles. The van der Waals surface area contributed by atoms with E-state index in [1.165, 1.54) is 0 Å². The molecule has 0 spiro atoms. The number of aromatic nitrogens is 2. The summed E-state index contributed by atoms with van der Waals surface area (Å²) >= 11 is 0. The summed E-state index contributed by atoms with van der Waals surface area (Å²) in [7, 11) is 0. The number of benzene rings is 1. The third-order valence-electron chi connectivity index (χ3n) is 3.28. The van der Waals surface area contributed by atoms with E-state index in [0.717, 1.165) is 27.8 Å². The van der Waals surface area contributed by atoms with Crippen LogP contribution in [0.5, 0.6) is 0 Å². The highest BCUT2D eigenvalue weighted by atomic mass is 16.3. The van der Waals surface area contributed by atoms with Gasteiger partial charge in [0.05, 0.1) is 6.61 Å². The molecule has 98 valence electrons. The third-order valence-corrected chi connectivity index (χ3v) is 3.28. The van der Waals surface area contributed by atoms with Crippen LogP contribution in [0.25, 0.3) is 22.3 Å². The van der Waals surface area contributed by atoms with Crippen molar-refractivity contribution in [2.75, 3.05) is 0 Å². The lowest BCUT2D eigenvalue weighted by molar-refractivity contribution is 0.282. The summed E-state index contributed by atoms with van der Waals surface area (Å²) in [5.74, 6) is 0. The van der Waals surface area contributed by atoms with E-state index in [1.54, 1.807) is 24.8 Å². The molecule has 0 saturated heterocycles. The van der Waals surface area contributed by atoms with Crippen molar-refractivity contribution in [2.45, 2.75) is 6.61 Å². The lowest BCUT2D eigenvalue weighted by Crippen LogP contribution is -1.91. The zero-order valence-electron chi connectivity index (χ0n) is 10.9. The minimum Gasteiger partial charge on any atom is -0.392 e. The van der Waals surface area contributed by atoms with Crippen LogP contribution in [0.15, 0.2) is 67.3 Å². The molecular weight excluding hydrogens is 248 g/mol. The molecule has 1 N–H and O–H groups in total. The smallest absolute Gasteiger partial charge is 0.0688 e. The van der Waals surface area contributed by atoms with Crippen LogP contribution < -0.4 is 0 Å². The van der Waals surface area contributed by atoms with Crippen molar-refractivity contribution in [3.8, 4) is 22.3 Å². The van der Waals surface area contributed by atoms with E-state index in [1.807, 2.05) is 36.4 Å². The fraction of sp³-hybridized carbons (Fsp3) is 0.0588. The highest BCUT2D eigenvalue weighted by Gasteiger charge is 2.06. The van der Waals surface area contributed by atoms with Gasteiger partial charge in [0.25, 0.3) is 0 Å². The Bertz CT molecular complexity index is 697. The summed E-state index contributed by atoms with van der Waals surface area (Å²) in [6.45, 7) is 0.0105. The number of aliphatic hydroxyl groups is 1. The third kappa shape index (κ3) is 2.44. The predicted octanol–water partition coefficient (Wildman–Crippen LogP) is 3.30. The SMILES string of the molecule is OCc1cc(-c2ccncc2)ccc1-c1ccncc1. The number of rotatable bonds is 3. The maximum atomic E-state index is 9.62. The maximum Gasteiger partial charge on any atom is 0.0688 e. The van der Waals surface area contributed by atoms with Crippen LogP contribution in [0.4, 0.5) is 0 Å². The van der Waals surface area contributed by atoms with Crippen molar-refractivity contribution in [1.82, 2.24) is 9.97 Å². The van der Waals surface area contributed by atoms with E-state index in [2.05, 4.69) is 16.0 Å². The van der Waals surface area contributed by atoms with Crippen LogP contribution in [0.1, 0.15) is 5.56 Å². The van der Waals surface area contributed by atoms with Gasteiger partial charge in [-0.15, -0.1) is 0 Å². The first-order chi connectivity index (χ1) is 9.88. The molecule has 3 aromatic rings. The van der Waals surface area contributed by atoms with Gasteiger partial charge in [0.1, 0.15) is 0 Å². The number of pyridine rings is 2. The maximum absolute atomic E-state index is 9.62. The second kappa shape index (κ2) is 5.63. The molecule has 0 bridgehead atoms. The summed E-state index contributed by atoms with van der Waals surface area (Å²) in [6.07, 6.45) is 7.05. The van der Waals surface area contributed by atoms with Crippen molar-refractivity contribution >= 4 is 0 Å². The number of aliphatic hydroxyl groups excluding tert-OH is 1. The van der Waals surface area contributed by atoms with Gasteiger partial charge in [0.2, 0.25) is 0 Å². The molecule has 0 unspecified atom stereocenters. The van der Waals surface area contributed by atoms with Crippen molar-refractivity contribution in [2.24, 2.45) is 0 Å². The minimum absolute atomic E-state index is 0.0105. The van der Waals surface area contributed by atoms with Crippen LogP contribution >= 0.6 is 0 Å². The average molecular weight is 262 g/mol. The molecule has 0 amide bonds. The summed E-state index contributed by atoms with van der Waals surface area (Å²) in [4.78, 5) is 8.04. The quantitative estimate of drug-likeness (QED) is 0.787. The van der Waals surface area contributed by atoms with Crippen molar-refractivity contribution in [1.29, 1.82) is 0 Å². The Morgan fingerprint density at radius 3 is 1.90 bits per heavy atom. The summed E-state index contributed by atoms with van der Waals surface area (Å²) in [5.41, 5.74) is 5.17. The van der Waals surface area contributed by atoms with Gasteiger partial charge in [-0.3, -0.25) is 9.97 Å². The van der Waals surface area contributed by atoms with E-state index < -0.39 is 0 Å². The standard InChI is InChI=1S/C17H14N2O/c20-12-16-11-15(13-3-7-18-8-4-13)1-2-17(16)14-5-9-19-10-6-14/h1-11,20H,12H2. The molecule has 0 aliphatic rings. The zero-order chi connectivity index (χ0) is 13.8. The average Bonchev–Trinajstić information content (AvgIpc) is 2.56. The predicted molar refractivity (Wildman–Crippen MR) is 78.8 cm³/mol. The fourth-order valence-corrected chi connectivity index (χ4v) is 2.26. The largest absolute Gasteiger partial charge is 0.392 e. The zero-order valence-corrected chi connectivity index (χ0v) is 10.9. The van der Waals surface area contributed by atoms with Crippen LogP contribution in [-0.2, 0) is 6.61 Å². The van der Waals surface area contributed by atoms with Crippen LogP contribution in [-0.4, -0.2) is 15.1 Å². The molecule has 0 aliphatic heterocycles. The molecular formula is C17H14N2O. The highest BCUT2D eigenvalue weighted by molar-refractivity contribution is 5.73. The van der Waals surface area contributed by atoms with E-state index >= 15 is 0 Å². The minimum atomic E-state index is 0.0105. The normalized spacial score (nSPS) is 10.4. The van der Waals surface area contributed by atoms with Gasteiger partial charge in [-0.25, -0.2) is 0 Å². The number of hydrogen-bond donors (Lipinski definition) is 1. The van der Waals surface area contributed by atoms with Crippen molar-refractivity contribution < 1.29 is 5.11 Å². The summed E-state index contributed by atoms with van der Waals surface area (Å²) < 4.78 is 0. The van der Waals surface area contributed by atoms with Crippen LogP contribution in [0, 0.1) is 0 Å². The van der Waals surface area contributed by atoms with Gasteiger partial charge < -0.3 is 5.11 Å². The molecule has 0 saturated carbocycles. The first-order valence-electron chi connectivity index (χ1n) is 6.43. The van der Waals surface area contributed by atoms with Gasteiger partial charge in [-0.2, -0.15) is 0 Å². The lowest BCUT2D eigenvalue weighted by atomic mass is 9.96. The van der Waals surface area contributed by atoms with Gasteiger partial charge in [-0.05, 0) is 58.1 Å². The Balaban J connectivity index is 2.07. The molecule has 20 heavy (non-hydrogen) atoms. The molecule has 0 atom stereocenters. The Morgan fingerprint density at radius 2 is 1.30 bits per heavy atom. The monoisotopic (exact) mass is 262 g/mol. The Hall–Kier alpha value is -2.52. The molecule has 1 aromatic carbocycles. The van der Waals surface area contributed by atoms with E-state index in [-0.39, 0.29) is 6.61 Å². The fourth-order valence-electron chi connectivity index (χ4n) is 2.26. The Labute approximate surface area is 117 Å². The van der Waals surface area contributed by atoms with Gasteiger partial charge in [0, 0.05) is 24.8 Å². The van der Waals surface area contributed by atoms with Gasteiger partial charge in [0.15, 0.2) is 0 Å². The van der Waals surface area contributed by atoms with Crippen LogP contribution in [0.3, 0.4) is 0 Å². The Morgan fingerprint density at radius 1 is 0.700 bits per heavy atom. The van der Waals surface area contributed by atoms with Gasteiger partial charge in [-0.1, -0.05) is 12.1 Å². The number of nitrogens with zero attached hydrogens (tertiary/aromatic N) is 2. The second-order valence-electron chi connectivity index (χ2n) is 4.50. The Kier molecular flexibility index (Phi) is 3.52. The molecule has 2 heterocycles. The second-order valence-corrected chi connectivity index (χ2v) is 4.50. The molecule has 3 heteroatoms. The molecule has 3 rings (SSSR count). The van der Waals surface area contributed by atoms with Crippen molar-refractivity contribution in [3.63, 3.8) is 0 Å². The topological polar surface area (TPSA) is 46.0 Å². The first kappa shape index (κ1) is 12.5. The molecule has 0 fully saturated rings. The van der Waals surface area contributed by atoms with E-state index in [4.69, 9.17) is 0 Å². The van der Waals surface area contributed by atoms with Crippen LogP contribution in [0.2, 0.25) is 0 Å². The highest BCUT2D eigenvalue weighted by Crippen LogP contribution is 2.28. The first-order valence-corrected chi connectivity index (χ1v) is 6.43. The molecule has 3 nitrogen and oxygen atoms in total. The van der Waals surface area contributed by atoms with Gasteiger partial charge >= 0.3 is 0 Å². The van der Waals surface area contributed by atoms with Crippen molar-refractivity contribution in [3.05, 3.63) is 72.8 Å².